The van der Waals surface area contributed by atoms with Crippen molar-refractivity contribution in [3.05, 3.63) is 29.3 Å². The van der Waals surface area contributed by atoms with Gasteiger partial charge in [0.15, 0.2) is 0 Å². The van der Waals surface area contributed by atoms with Crippen molar-refractivity contribution in [1.29, 1.82) is 5.26 Å². The van der Waals surface area contributed by atoms with Gasteiger partial charge in [-0.25, -0.2) is 4.79 Å². The highest BCUT2D eigenvalue weighted by Gasteiger charge is 2.21. The van der Waals surface area contributed by atoms with Gasteiger partial charge in [0.1, 0.15) is 0 Å². The van der Waals surface area contributed by atoms with Crippen LogP contribution in [0.1, 0.15) is 24.0 Å². The van der Waals surface area contributed by atoms with Gasteiger partial charge in [0.2, 0.25) is 0 Å². The van der Waals surface area contributed by atoms with Crippen LogP contribution < -0.4 is 11.1 Å². The molecular formula is C14H18N4O. The number of anilines is 1. The van der Waals surface area contributed by atoms with Gasteiger partial charge in [-0.1, -0.05) is 6.07 Å². The Morgan fingerprint density at radius 2 is 2.16 bits per heavy atom. The lowest BCUT2D eigenvalue weighted by Crippen LogP contribution is -2.44. The van der Waals surface area contributed by atoms with Gasteiger partial charge in [0.05, 0.1) is 11.6 Å². The predicted molar refractivity (Wildman–Crippen MR) is 73.7 cm³/mol. The molecule has 19 heavy (non-hydrogen) atoms. The molecule has 1 aliphatic heterocycles. The molecule has 3 N–H and O–H groups in total. The fourth-order valence-corrected chi connectivity index (χ4v) is 2.31. The number of carbonyl (C=O) groups excluding carboxylic acids is 1. The largest absolute Gasteiger partial charge is 0.382 e. The first-order valence-electron chi connectivity index (χ1n) is 6.42. The summed E-state index contributed by atoms with van der Waals surface area (Å²) in [6.07, 6.45) is 1.75. The van der Waals surface area contributed by atoms with E-state index in [-0.39, 0.29) is 6.03 Å². The number of likely N-dealkylation sites (tertiary alicyclic amines) is 1. The van der Waals surface area contributed by atoms with E-state index in [9.17, 15) is 4.79 Å². The van der Waals surface area contributed by atoms with E-state index in [4.69, 9.17) is 11.0 Å². The molecule has 1 aliphatic rings. The van der Waals surface area contributed by atoms with Crippen molar-refractivity contribution in [2.45, 2.75) is 25.8 Å². The SMILES string of the molecule is Cc1ccc(C#N)cc1NC1CCN(C(N)=O)CC1. The molecule has 0 atom stereocenters. The molecule has 0 bridgehead atoms. The number of nitrogens with zero attached hydrogens (tertiary/aromatic N) is 2. The van der Waals surface area contributed by atoms with Gasteiger partial charge in [-0.3, -0.25) is 0 Å². The zero-order chi connectivity index (χ0) is 13.8. The van der Waals surface area contributed by atoms with E-state index in [2.05, 4.69) is 11.4 Å². The lowest BCUT2D eigenvalue weighted by Gasteiger charge is -2.32. The fraction of sp³-hybridized carbons (Fsp3) is 0.429. The lowest BCUT2D eigenvalue weighted by molar-refractivity contribution is 0.193. The molecule has 1 aromatic rings. The van der Waals surface area contributed by atoms with E-state index >= 15 is 0 Å². The minimum Gasteiger partial charge on any atom is -0.382 e. The van der Waals surface area contributed by atoms with E-state index in [1.807, 2.05) is 25.1 Å². The number of hydrogen-bond acceptors (Lipinski definition) is 3. The maximum atomic E-state index is 11.0. The van der Waals surface area contributed by atoms with Crippen molar-refractivity contribution in [3.63, 3.8) is 0 Å². The van der Waals surface area contributed by atoms with Crippen molar-refractivity contribution in [2.24, 2.45) is 5.73 Å². The number of piperidine rings is 1. The molecule has 0 aliphatic carbocycles. The summed E-state index contributed by atoms with van der Waals surface area (Å²) in [7, 11) is 0. The van der Waals surface area contributed by atoms with Crippen LogP contribution >= 0.6 is 0 Å². The van der Waals surface area contributed by atoms with Crippen LogP contribution in [0.5, 0.6) is 0 Å². The van der Waals surface area contributed by atoms with E-state index in [1.54, 1.807) is 4.90 Å². The number of urea groups is 1. The van der Waals surface area contributed by atoms with Crippen molar-refractivity contribution in [1.82, 2.24) is 4.90 Å². The first-order valence-corrected chi connectivity index (χ1v) is 6.42. The number of nitrogens with one attached hydrogen (secondary N) is 1. The Labute approximate surface area is 113 Å². The summed E-state index contributed by atoms with van der Waals surface area (Å²) < 4.78 is 0. The smallest absolute Gasteiger partial charge is 0.314 e. The number of nitrogens with two attached hydrogens (primary N) is 1. The molecule has 5 nitrogen and oxygen atoms in total. The average Bonchev–Trinajstić information content (AvgIpc) is 2.42. The quantitative estimate of drug-likeness (QED) is 0.848. The number of nitriles is 1. The van der Waals surface area contributed by atoms with Crippen molar-refractivity contribution < 1.29 is 4.79 Å². The molecule has 0 unspecified atom stereocenters. The third kappa shape index (κ3) is 3.16. The molecule has 0 spiro atoms. The summed E-state index contributed by atoms with van der Waals surface area (Å²) in [5, 5.41) is 12.4. The van der Waals surface area contributed by atoms with Crippen LogP contribution in [0, 0.1) is 18.3 Å². The first kappa shape index (κ1) is 13.2. The van der Waals surface area contributed by atoms with Gasteiger partial charge in [-0.2, -0.15) is 5.26 Å². The summed E-state index contributed by atoms with van der Waals surface area (Å²) in [5.74, 6) is 0. The van der Waals surface area contributed by atoms with E-state index in [0.29, 0.717) is 24.7 Å². The Bertz CT molecular complexity index is 513. The molecular weight excluding hydrogens is 240 g/mol. The summed E-state index contributed by atoms with van der Waals surface area (Å²) in [4.78, 5) is 12.7. The third-order valence-electron chi connectivity index (χ3n) is 3.53. The Hall–Kier alpha value is -2.22. The van der Waals surface area contributed by atoms with Crippen molar-refractivity contribution in [2.75, 3.05) is 18.4 Å². The standard InChI is InChI=1S/C14H18N4O/c1-10-2-3-11(9-15)8-13(10)17-12-4-6-18(7-5-12)14(16)19/h2-3,8,12,17H,4-7H2,1H3,(H2,16,19). The van der Waals surface area contributed by atoms with Gasteiger partial charge in [0.25, 0.3) is 0 Å². The molecule has 1 aromatic carbocycles. The molecule has 0 saturated carbocycles. The van der Waals surface area contributed by atoms with Gasteiger partial charge >= 0.3 is 6.03 Å². The van der Waals surface area contributed by atoms with Crippen LogP contribution in [-0.4, -0.2) is 30.1 Å². The zero-order valence-electron chi connectivity index (χ0n) is 11.0. The maximum absolute atomic E-state index is 11.0. The maximum Gasteiger partial charge on any atom is 0.314 e. The molecule has 1 heterocycles. The Morgan fingerprint density at radius 1 is 1.47 bits per heavy atom. The van der Waals surface area contributed by atoms with Gasteiger partial charge in [-0.05, 0) is 37.5 Å². The number of aryl methyl sites for hydroxylation is 1. The minimum atomic E-state index is -0.346. The van der Waals surface area contributed by atoms with Crippen molar-refractivity contribution in [3.8, 4) is 6.07 Å². The summed E-state index contributed by atoms with van der Waals surface area (Å²) in [5.41, 5.74) is 8.03. The van der Waals surface area contributed by atoms with Crippen LogP contribution in [-0.2, 0) is 0 Å². The number of primary amides is 1. The van der Waals surface area contributed by atoms with Gasteiger partial charge in [0, 0.05) is 24.8 Å². The second kappa shape index (κ2) is 5.61. The number of amides is 2. The summed E-state index contributed by atoms with van der Waals surface area (Å²) in [6.45, 7) is 3.38. The summed E-state index contributed by atoms with van der Waals surface area (Å²) >= 11 is 0. The Morgan fingerprint density at radius 3 is 2.74 bits per heavy atom. The number of rotatable bonds is 2. The fourth-order valence-electron chi connectivity index (χ4n) is 2.31. The number of carbonyl (C=O) groups is 1. The zero-order valence-corrected chi connectivity index (χ0v) is 11.0. The molecule has 2 amide bonds. The monoisotopic (exact) mass is 258 g/mol. The molecule has 2 rings (SSSR count). The highest BCUT2D eigenvalue weighted by Crippen LogP contribution is 2.21. The van der Waals surface area contributed by atoms with Gasteiger partial charge in [-0.15, -0.1) is 0 Å². The van der Waals surface area contributed by atoms with Gasteiger partial charge < -0.3 is 16.0 Å². The Kier molecular flexibility index (Phi) is 3.91. The van der Waals surface area contributed by atoms with E-state index < -0.39 is 0 Å². The second-order valence-corrected chi connectivity index (χ2v) is 4.89. The first-order chi connectivity index (χ1) is 9.10. The Balaban J connectivity index is 1.99. The van der Waals surface area contributed by atoms with Crippen LogP contribution in [0.25, 0.3) is 0 Å². The highest BCUT2D eigenvalue weighted by molar-refractivity contribution is 5.72. The molecule has 0 radical (unpaired) electrons. The highest BCUT2D eigenvalue weighted by atomic mass is 16.2. The second-order valence-electron chi connectivity index (χ2n) is 4.89. The number of hydrogen-bond donors (Lipinski definition) is 2. The van der Waals surface area contributed by atoms with E-state index in [0.717, 1.165) is 24.1 Å². The van der Waals surface area contributed by atoms with Crippen molar-refractivity contribution >= 4 is 11.7 Å². The lowest BCUT2D eigenvalue weighted by atomic mass is 10.0. The molecule has 5 heteroatoms. The van der Waals surface area contributed by atoms with Crippen LogP contribution in [0.2, 0.25) is 0 Å². The van der Waals surface area contributed by atoms with Crippen LogP contribution in [0.4, 0.5) is 10.5 Å². The van der Waals surface area contributed by atoms with Crippen LogP contribution in [0.3, 0.4) is 0 Å². The van der Waals surface area contributed by atoms with Crippen LogP contribution in [0.15, 0.2) is 18.2 Å². The normalized spacial score (nSPS) is 15.9. The third-order valence-corrected chi connectivity index (χ3v) is 3.53. The minimum absolute atomic E-state index is 0.322. The number of benzene rings is 1. The summed E-state index contributed by atoms with van der Waals surface area (Å²) in [6, 6.07) is 7.75. The molecule has 1 saturated heterocycles. The predicted octanol–water partition coefficient (Wildman–Crippen LogP) is 1.82. The molecule has 0 aromatic heterocycles. The molecule has 1 fully saturated rings. The average molecular weight is 258 g/mol. The van der Waals surface area contributed by atoms with E-state index in [1.165, 1.54) is 0 Å². The topological polar surface area (TPSA) is 82.2 Å². The molecule has 100 valence electrons.